The molecule has 2 heterocycles. The van der Waals surface area contributed by atoms with Crippen molar-refractivity contribution in [2.24, 2.45) is 5.92 Å². The van der Waals surface area contributed by atoms with Crippen LogP contribution in [0.15, 0.2) is 84.1 Å². The molecular formula is C33H30ClF3N4O3. The second kappa shape index (κ2) is 12.3. The number of halogens is 4. The van der Waals surface area contributed by atoms with Gasteiger partial charge in [-0.05, 0) is 67.4 Å². The van der Waals surface area contributed by atoms with Crippen LogP contribution < -0.4 is 9.80 Å². The predicted molar refractivity (Wildman–Crippen MR) is 163 cm³/mol. The number of amides is 2. The number of hydrogen-bond donors (Lipinski definition) is 1. The zero-order valence-corrected chi connectivity index (χ0v) is 24.8. The molecule has 2 aliphatic rings. The van der Waals surface area contributed by atoms with Gasteiger partial charge in [0.1, 0.15) is 5.92 Å². The van der Waals surface area contributed by atoms with Crippen molar-refractivity contribution >= 4 is 46.8 Å². The minimum absolute atomic E-state index is 0.0796. The molecule has 5 rings (SSSR count). The summed E-state index contributed by atoms with van der Waals surface area (Å²) in [6.07, 6.45) is -3.51. The first-order chi connectivity index (χ1) is 20.9. The topological polar surface area (TPSA) is 84.8 Å². The summed E-state index contributed by atoms with van der Waals surface area (Å²) < 4.78 is 40.9. The SMILES string of the molecule is CC(=O)C1=C(C)N(c2cccc(C(F)(F)F)c2)C(=O)C(C(=O)N2CCN(c3ccc(Cl)cc3)CC2)C1c1ccc(C=N)cc1. The lowest BCUT2D eigenvalue weighted by Gasteiger charge is -2.43. The van der Waals surface area contributed by atoms with E-state index in [-0.39, 0.29) is 17.0 Å². The molecule has 2 atom stereocenters. The fourth-order valence-electron chi connectivity index (χ4n) is 6.02. The Hall–Kier alpha value is -4.44. The number of piperazine rings is 1. The van der Waals surface area contributed by atoms with Crippen LogP contribution >= 0.6 is 11.6 Å². The van der Waals surface area contributed by atoms with Crippen molar-refractivity contribution < 1.29 is 27.6 Å². The number of allylic oxidation sites excluding steroid dienone is 2. The number of Topliss-reactive ketones (excluding diaryl/α,β-unsaturated/α-hetero) is 1. The van der Waals surface area contributed by atoms with Crippen molar-refractivity contribution in [2.45, 2.75) is 25.9 Å². The number of alkyl halides is 3. The molecule has 0 aromatic heterocycles. The zero-order chi connectivity index (χ0) is 31.8. The Bertz CT molecular complexity index is 1630. The summed E-state index contributed by atoms with van der Waals surface area (Å²) in [4.78, 5) is 46.7. The second-order valence-corrected chi connectivity index (χ2v) is 11.3. The molecule has 2 unspecified atom stereocenters. The molecule has 44 heavy (non-hydrogen) atoms. The Morgan fingerprint density at radius 3 is 2.14 bits per heavy atom. The third-order valence-electron chi connectivity index (χ3n) is 8.18. The molecular weight excluding hydrogens is 593 g/mol. The molecule has 0 spiro atoms. The van der Waals surface area contributed by atoms with Crippen LogP contribution in [-0.4, -0.2) is 54.9 Å². The highest BCUT2D eigenvalue weighted by atomic mass is 35.5. The third kappa shape index (κ3) is 5.99. The highest BCUT2D eigenvalue weighted by Crippen LogP contribution is 2.44. The number of hydrogen-bond acceptors (Lipinski definition) is 5. The monoisotopic (exact) mass is 622 g/mol. The maximum atomic E-state index is 14.4. The lowest BCUT2D eigenvalue weighted by molar-refractivity contribution is -0.142. The third-order valence-corrected chi connectivity index (χ3v) is 8.43. The molecule has 0 saturated carbocycles. The van der Waals surface area contributed by atoms with Gasteiger partial charge in [0.2, 0.25) is 11.8 Å². The van der Waals surface area contributed by atoms with Gasteiger partial charge in [0.15, 0.2) is 5.78 Å². The Kier molecular flexibility index (Phi) is 8.65. The van der Waals surface area contributed by atoms with Crippen LogP contribution in [0.25, 0.3) is 0 Å². The average Bonchev–Trinajstić information content (AvgIpc) is 3.00. The Balaban J connectivity index is 1.57. The van der Waals surface area contributed by atoms with E-state index < -0.39 is 41.2 Å². The van der Waals surface area contributed by atoms with Gasteiger partial charge in [0.25, 0.3) is 0 Å². The van der Waals surface area contributed by atoms with Crippen molar-refractivity contribution in [1.82, 2.24) is 4.90 Å². The number of nitrogens with zero attached hydrogens (tertiary/aromatic N) is 3. The summed E-state index contributed by atoms with van der Waals surface area (Å²) in [7, 11) is 0. The first-order valence-corrected chi connectivity index (χ1v) is 14.4. The summed E-state index contributed by atoms with van der Waals surface area (Å²) in [5.41, 5.74) is 1.35. The molecule has 3 aromatic rings. The second-order valence-electron chi connectivity index (χ2n) is 10.8. The smallest absolute Gasteiger partial charge is 0.368 e. The average molecular weight is 623 g/mol. The molecule has 1 fully saturated rings. The Morgan fingerprint density at radius 2 is 1.57 bits per heavy atom. The molecule has 2 aliphatic heterocycles. The van der Waals surface area contributed by atoms with Crippen LogP contribution in [0.2, 0.25) is 5.02 Å². The van der Waals surface area contributed by atoms with Crippen molar-refractivity contribution in [2.75, 3.05) is 36.0 Å². The number of carbonyl (C=O) groups excluding carboxylic acids is 3. The van der Waals surface area contributed by atoms with Gasteiger partial charge >= 0.3 is 6.18 Å². The molecule has 7 nitrogen and oxygen atoms in total. The maximum Gasteiger partial charge on any atom is 0.416 e. The van der Waals surface area contributed by atoms with E-state index in [1.54, 1.807) is 41.3 Å². The van der Waals surface area contributed by atoms with Gasteiger partial charge in [-0.15, -0.1) is 0 Å². The lowest BCUT2D eigenvalue weighted by atomic mass is 9.73. The van der Waals surface area contributed by atoms with E-state index in [2.05, 4.69) is 4.90 Å². The number of anilines is 2. The Labute approximate surface area is 258 Å². The van der Waals surface area contributed by atoms with Gasteiger partial charge in [0, 0.05) is 66.0 Å². The molecule has 1 saturated heterocycles. The fraction of sp³-hybridized carbons (Fsp3) is 0.273. The van der Waals surface area contributed by atoms with Gasteiger partial charge in [-0.2, -0.15) is 13.2 Å². The van der Waals surface area contributed by atoms with E-state index >= 15 is 0 Å². The fourth-order valence-corrected chi connectivity index (χ4v) is 6.14. The highest BCUT2D eigenvalue weighted by molar-refractivity contribution is 6.30. The predicted octanol–water partition coefficient (Wildman–Crippen LogP) is 6.31. The van der Waals surface area contributed by atoms with Gasteiger partial charge in [-0.1, -0.05) is 41.9 Å². The standard InChI is InChI=1S/C33H30ClF3N4O3/c1-20-28(21(2)42)29(23-8-6-22(19-38)7-9-23)30(32(44)41(20)27-5-3-4-24(18-27)33(35,36)37)31(43)40-16-14-39(15-17-40)26-12-10-25(34)11-13-26/h3-13,18-19,29-30,38H,14-17H2,1-2H3. The van der Waals surface area contributed by atoms with Crippen molar-refractivity contribution in [3.05, 3.63) is 106 Å². The van der Waals surface area contributed by atoms with Crippen LogP contribution in [0.1, 0.15) is 36.5 Å². The molecule has 0 radical (unpaired) electrons. The molecule has 228 valence electrons. The number of rotatable bonds is 6. The van der Waals surface area contributed by atoms with Gasteiger partial charge in [0.05, 0.1) is 5.56 Å². The van der Waals surface area contributed by atoms with Crippen LogP contribution in [0, 0.1) is 11.3 Å². The van der Waals surface area contributed by atoms with Crippen LogP contribution in [0.4, 0.5) is 24.5 Å². The lowest BCUT2D eigenvalue weighted by Crippen LogP contribution is -2.56. The van der Waals surface area contributed by atoms with Gasteiger partial charge < -0.3 is 15.2 Å². The van der Waals surface area contributed by atoms with E-state index in [1.807, 2.05) is 12.1 Å². The first kappa shape index (κ1) is 31.0. The molecule has 3 aromatic carbocycles. The van der Waals surface area contributed by atoms with E-state index in [4.69, 9.17) is 17.0 Å². The van der Waals surface area contributed by atoms with Crippen LogP contribution in [0.5, 0.6) is 0 Å². The summed E-state index contributed by atoms with van der Waals surface area (Å²) >= 11 is 6.03. The Morgan fingerprint density at radius 1 is 0.932 bits per heavy atom. The number of ketones is 1. The van der Waals surface area contributed by atoms with E-state index in [0.717, 1.165) is 28.9 Å². The molecule has 0 aliphatic carbocycles. The quantitative estimate of drug-likeness (QED) is 0.258. The molecule has 11 heteroatoms. The van der Waals surface area contributed by atoms with Crippen molar-refractivity contribution in [3.8, 4) is 0 Å². The normalized spacial score (nSPS) is 19.3. The molecule has 0 bridgehead atoms. The number of nitrogens with one attached hydrogen (secondary N) is 1. The highest BCUT2D eigenvalue weighted by Gasteiger charge is 2.49. The van der Waals surface area contributed by atoms with E-state index in [0.29, 0.717) is 42.3 Å². The van der Waals surface area contributed by atoms with Crippen LogP contribution in [-0.2, 0) is 20.6 Å². The molecule has 1 N–H and O–H groups in total. The minimum atomic E-state index is -4.66. The minimum Gasteiger partial charge on any atom is -0.368 e. The maximum absolute atomic E-state index is 14.4. The summed E-state index contributed by atoms with van der Waals surface area (Å²) in [6.45, 7) is 4.40. The zero-order valence-electron chi connectivity index (χ0n) is 24.1. The van der Waals surface area contributed by atoms with Crippen LogP contribution in [0.3, 0.4) is 0 Å². The molecule has 2 amide bonds. The van der Waals surface area contributed by atoms with E-state index in [1.165, 1.54) is 26.0 Å². The number of carbonyl (C=O) groups is 3. The van der Waals surface area contributed by atoms with Crippen molar-refractivity contribution in [1.29, 1.82) is 5.41 Å². The van der Waals surface area contributed by atoms with E-state index in [9.17, 15) is 27.6 Å². The summed E-state index contributed by atoms with van der Waals surface area (Å²) in [5.74, 6) is -3.99. The van der Waals surface area contributed by atoms with Gasteiger partial charge in [-0.3, -0.25) is 19.3 Å². The summed E-state index contributed by atoms with van der Waals surface area (Å²) in [5, 5.41) is 8.15. The first-order valence-electron chi connectivity index (χ1n) is 14.0. The van der Waals surface area contributed by atoms with Crippen molar-refractivity contribution in [3.63, 3.8) is 0 Å². The largest absolute Gasteiger partial charge is 0.416 e. The van der Waals surface area contributed by atoms with Gasteiger partial charge in [-0.25, -0.2) is 0 Å². The summed E-state index contributed by atoms with van der Waals surface area (Å²) in [6, 6.07) is 18.3. The number of benzene rings is 3.